The van der Waals surface area contributed by atoms with E-state index >= 15 is 0 Å². The average Bonchev–Trinajstić information content (AvgIpc) is 2.10. The van der Waals surface area contributed by atoms with Crippen molar-refractivity contribution in [2.75, 3.05) is 18.4 Å². The van der Waals surface area contributed by atoms with Crippen molar-refractivity contribution in [1.82, 2.24) is 10.2 Å². The van der Waals surface area contributed by atoms with Crippen molar-refractivity contribution in [3.63, 3.8) is 0 Å². The number of rotatable bonds is 2. The molecule has 0 aromatic rings. The average molecular weight is 249 g/mol. The van der Waals surface area contributed by atoms with Crippen LogP contribution in [0, 0.1) is 0 Å². The molecule has 1 aliphatic heterocycles. The highest BCUT2D eigenvalue weighted by atomic mass is 79.9. The molecule has 1 N–H and O–H groups in total. The maximum atomic E-state index is 11.5. The minimum absolute atomic E-state index is 0.0409. The Kier molecular flexibility index (Phi) is 3.71. The smallest absolute Gasteiger partial charge is 0.242 e. The molecule has 1 unspecified atom stereocenters. The lowest BCUT2D eigenvalue weighted by Crippen LogP contribution is -2.55. The normalized spacial score (nSPS) is 22.8. The molecule has 4 nitrogen and oxygen atoms in total. The Labute approximate surface area is 85.8 Å². The van der Waals surface area contributed by atoms with Gasteiger partial charge in [-0.1, -0.05) is 15.9 Å². The van der Waals surface area contributed by atoms with Gasteiger partial charge in [0.15, 0.2) is 0 Å². The highest BCUT2D eigenvalue weighted by Crippen LogP contribution is 2.06. The van der Waals surface area contributed by atoms with E-state index in [1.165, 1.54) is 0 Å². The molecule has 1 aliphatic rings. The summed E-state index contributed by atoms with van der Waals surface area (Å²) in [4.78, 5) is 24.3. The van der Waals surface area contributed by atoms with E-state index in [9.17, 15) is 9.59 Å². The van der Waals surface area contributed by atoms with E-state index in [0.29, 0.717) is 24.8 Å². The number of hydrogen-bond acceptors (Lipinski definition) is 2. The number of carbonyl (C=O) groups excluding carboxylic acids is 2. The van der Waals surface area contributed by atoms with Gasteiger partial charge >= 0.3 is 0 Å². The molecule has 0 aromatic heterocycles. The fraction of sp³-hybridized carbons (Fsp3) is 0.750. The van der Waals surface area contributed by atoms with Gasteiger partial charge in [0.25, 0.3) is 0 Å². The van der Waals surface area contributed by atoms with Crippen LogP contribution in [0.4, 0.5) is 0 Å². The Balaban J connectivity index is 2.57. The first-order valence-corrected chi connectivity index (χ1v) is 5.42. The van der Waals surface area contributed by atoms with E-state index in [4.69, 9.17) is 0 Å². The van der Waals surface area contributed by atoms with Gasteiger partial charge < -0.3 is 10.2 Å². The number of halogens is 1. The number of amides is 2. The highest BCUT2D eigenvalue weighted by Gasteiger charge is 2.28. The van der Waals surface area contributed by atoms with E-state index in [1.54, 1.807) is 11.8 Å². The van der Waals surface area contributed by atoms with Crippen molar-refractivity contribution in [2.24, 2.45) is 0 Å². The quantitative estimate of drug-likeness (QED) is 0.706. The Morgan fingerprint density at radius 3 is 3.08 bits per heavy atom. The van der Waals surface area contributed by atoms with Crippen LogP contribution in [0.1, 0.15) is 13.3 Å². The lowest BCUT2D eigenvalue weighted by molar-refractivity contribution is -0.142. The fourth-order valence-electron chi connectivity index (χ4n) is 1.35. The zero-order chi connectivity index (χ0) is 9.84. The van der Waals surface area contributed by atoms with Crippen LogP contribution >= 0.6 is 15.9 Å². The van der Waals surface area contributed by atoms with Gasteiger partial charge in [-0.15, -0.1) is 0 Å². The fourth-order valence-corrected chi connectivity index (χ4v) is 1.69. The number of carbonyl (C=O) groups is 2. The summed E-state index contributed by atoms with van der Waals surface area (Å²) < 4.78 is 0. The molecular formula is C8H13BrN2O2. The van der Waals surface area contributed by atoms with Gasteiger partial charge in [-0.05, 0) is 6.92 Å². The van der Waals surface area contributed by atoms with Crippen molar-refractivity contribution < 1.29 is 9.59 Å². The third-order valence-corrected chi connectivity index (χ3v) is 2.52. The minimum atomic E-state index is -0.319. The summed E-state index contributed by atoms with van der Waals surface area (Å²) in [5.74, 6) is -0.0200. The molecule has 74 valence electrons. The predicted octanol–water partition coefficient (Wildman–Crippen LogP) is 0.118. The van der Waals surface area contributed by atoms with Gasteiger partial charge in [-0.2, -0.15) is 0 Å². The zero-order valence-corrected chi connectivity index (χ0v) is 9.13. The lowest BCUT2D eigenvalue weighted by Gasteiger charge is -2.32. The summed E-state index contributed by atoms with van der Waals surface area (Å²) in [5.41, 5.74) is 0. The molecule has 5 heteroatoms. The molecule has 0 spiro atoms. The SMILES string of the molecule is CC1C(=O)NCCN1C(=O)CCBr. The molecule has 1 fully saturated rings. The number of hydrogen-bond donors (Lipinski definition) is 1. The first-order valence-electron chi connectivity index (χ1n) is 4.30. The summed E-state index contributed by atoms with van der Waals surface area (Å²) in [6.45, 7) is 2.94. The molecule has 0 radical (unpaired) electrons. The van der Waals surface area contributed by atoms with E-state index in [0.717, 1.165) is 0 Å². The largest absolute Gasteiger partial charge is 0.353 e. The van der Waals surface area contributed by atoms with Gasteiger partial charge in [-0.3, -0.25) is 9.59 Å². The summed E-state index contributed by atoms with van der Waals surface area (Å²) in [6.07, 6.45) is 0.456. The second-order valence-electron chi connectivity index (χ2n) is 2.99. The standard InChI is InChI=1S/C8H13BrN2O2/c1-6-8(13)10-4-5-11(6)7(12)2-3-9/h6H,2-5H2,1H3,(H,10,13). The molecule has 1 heterocycles. The predicted molar refractivity (Wildman–Crippen MR) is 52.6 cm³/mol. The third-order valence-electron chi connectivity index (χ3n) is 2.13. The molecule has 0 bridgehead atoms. The number of nitrogens with zero attached hydrogens (tertiary/aromatic N) is 1. The van der Waals surface area contributed by atoms with Crippen molar-refractivity contribution in [3.8, 4) is 0 Å². The first kappa shape index (κ1) is 10.5. The highest BCUT2D eigenvalue weighted by molar-refractivity contribution is 9.09. The van der Waals surface area contributed by atoms with Crippen molar-refractivity contribution in [1.29, 1.82) is 0 Å². The Morgan fingerprint density at radius 1 is 1.77 bits per heavy atom. The van der Waals surface area contributed by atoms with Crippen LogP contribution < -0.4 is 5.32 Å². The Morgan fingerprint density at radius 2 is 2.46 bits per heavy atom. The maximum absolute atomic E-state index is 11.5. The molecule has 2 amide bonds. The van der Waals surface area contributed by atoms with E-state index in [-0.39, 0.29) is 17.9 Å². The summed E-state index contributed by atoms with van der Waals surface area (Å²) in [5, 5.41) is 3.36. The van der Waals surface area contributed by atoms with Gasteiger partial charge in [0.2, 0.25) is 11.8 Å². The van der Waals surface area contributed by atoms with Crippen molar-refractivity contribution in [2.45, 2.75) is 19.4 Å². The minimum Gasteiger partial charge on any atom is -0.353 e. The monoisotopic (exact) mass is 248 g/mol. The molecule has 1 atom stereocenters. The van der Waals surface area contributed by atoms with Crippen LogP contribution in [0.5, 0.6) is 0 Å². The van der Waals surface area contributed by atoms with Crippen LogP contribution in [0.25, 0.3) is 0 Å². The maximum Gasteiger partial charge on any atom is 0.242 e. The topological polar surface area (TPSA) is 49.4 Å². The molecule has 1 rings (SSSR count). The second-order valence-corrected chi connectivity index (χ2v) is 3.79. The molecular weight excluding hydrogens is 236 g/mol. The second kappa shape index (κ2) is 4.60. The lowest BCUT2D eigenvalue weighted by atomic mass is 10.2. The zero-order valence-electron chi connectivity index (χ0n) is 7.55. The first-order chi connectivity index (χ1) is 6.16. The summed E-state index contributed by atoms with van der Waals surface area (Å²) >= 11 is 3.20. The van der Waals surface area contributed by atoms with Crippen LogP contribution in [0.2, 0.25) is 0 Å². The van der Waals surface area contributed by atoms with E-state index < -0.39 is 0 Å². The molecule has 1 saturated heterocycles. The molecule has 0 saturated carbocycles. The van der Waals surface area contributed by atoms with Gasteiger partial charge in [0.1, 0.15) is 6.04 Å². The Bertz CT molecular complexity index is 220. The third kappa shape index (κ3) is 2.43. The van der Waals surface area contributed by atoms with Crippen LogP contribution in [0.3, 0.4) is 0 Å². The number of piperazine rings is 1. The van der Waals surface area contributed by atoms with Gasteiger partial charge in [0, 0.05) is 24.8 Å². The van der Waals surface area contributed by atoms with E-state index in [2.05, 4.69) is 21.2 Å². The van der Waals surface area contributed by atoms with Crippen molar-refractivity contribution in [3.05, 3.63) is 0 Å². The summed E-state index contributed by atoms with van der Waals surface area (Å²) in [6, 6.07) is -0.319. The Hall–Kier alpha value is -0.580. The van der Waals surface area contributed by atoms with Gasteiger partial charge in [0.05, 0.1) is 0 Å². The van der Waals surface area contributed by atoms with Crippen LogP contribution in [0.15, 0.2) is 0 Å². The van der Waals surface area contributed by atoms with Crippen LogP contribution in [-0.2, 0) is 9.59 Å². The van der Waals surface area contributed by atoms with Crippen molar-refractivity contribution >= 4 is 27.7 Å². The van der Waals surface area contributed by atoms with Gasteiger partial charge in [-0.25, -0.2) is 0 Å². The van der Waals surface area contributed by atoms with E-state index in [1.807, 2.05) is 0 Å². The number of nitrogens with one attached hydrogen (secondary N) is 1. The summed E-state index contributed by atoms with van der Waals surface area (Å²) in [7, 11) is 0. The number of alkyl halides is 1. The molecule has 13 heavy (non-hydrogen) atoms. The molecule has 0 aliphatic carbocycles. The molecule has 0 aromatic carbocycles. The van der Waals surface area contributed by atoms with Crippen LogP contribution in [-0.4, -0.2) is 41.2 Å².